The van der Waals surface area contributed by atoms with E-state index in [9.17, 15) is 14.4 Å². The predicted molar refractivity (Wildman–Crippen MR) is 83.8 cm³/mol. The molecule has 22 heavy (non-hydrogen) atoms. The van der Waals surface area contributed by atoms with Crippen LogP contribution in [0.1, 0.15) is 28.8 Å². The van der Waals surface area contributed by atoms with Gasteiger partial charge in [-0.3, -0.25) is 4.90 Å². The number of thiophene rings is 1. The smallest absolute Gasteiger partial charge is 0.324 e. The van der Waals surface area contributed by atoms with Gasteiger partial charge >= 0.3 is 6.03 Å². The standard InChI is InChI=1S/C16H14FN3OS/c17-10-5-7-11(8-6-10)20(16(19)21)15-13(9-18)12-3-1-2-4-14(12)22-15/h5-8H,1-4H2,(H2,19,21). The van der Waals surface area contributed by atoms with Gasteiger partial charge in [0.15, 0.2) is 0 Å². The van der Waals surface area contributed by atoms with Crippen LogP contribution in [0, 0.1) is 17.1 Å². The van der Waals surface area contributed by atoms with Crippen molar-refractivity contribution >= 4 is 28.1 Å². The molecule has 0 aliphatic heterocycles. The first-order chi connectivity index (χ1) is 10.6. The van der Waals surface area contributed by atoms with Crippen LogP contribution in [0.2, 0.25) is 0 Å². The Bertz CT molecular complexity index is 761. The van der Waals surface area contributed by atoms with Crippen LogP contribution in [-0.2, 0) is 12.8 Å². The van der Waals surface area contributed by atoms with Crippen LogP contribution in [0.15, 0.2) is 24.3 Å². The van der Waals surface area contributed by atoms with E-state index in [-0.39, 0.29) is 5.82 Å². The van der Waals surface area contributed by atoms with Crippen molar-refractivity contribution in [2.75, 3.05) is 4.90 Å². The van der Waals surface area contributed by atoms with Crippen LogP contribution in [-0.4, -0.2) is 6.03 Å². The second kappa shape index (κ2) is 5.78. The molecule has 0 atom stereocenters. The van der Waals surface area contributed by atoms with Gasteiger partial charge in [0.2, 0.25) is 0 Å². The number of anilines is 2. The highest BCUT2D eigenvalue weighted by atomic mass is 32.1. The highest BCUT2D eigenvalue weighted by Crippen LogP contribution is 2.42. The molecule has 0 bridgehead atoms. The van der Waals surface area contributed by atoms with Crippen molar-refractivity contribution in [3.05, 3.63) is 46.1 Å². The molecule has 0 fully saturated rings. The number of rotatable bonds is 2. The Labute approximate surface area is 131 Å². The number of nitriles is 1. The molecule has 2 aromatic rings. The van der Waals surface area contributed by atoms with E-state index in [4.69, 9.17) is 5.73 Å². The van der Waals surface area contributed by atoms with Crippen molar-refractivity contribution in [1.82, 2.24) is 0 Å². The molecule has 1 aliphatic rings. The number of amides is 2. The quantitative estimate of drug-likeness (QED) is 0.914. The van der Waals surface area contributed by atoms with Crippen LogP contribution >= 0.6 is 11.3 Å². The van der Waals surface area contributed by atoms with Gasteiger partial charge in [0.25, 0.3) is 0 Å². The summed E-state index contributed by atoms with van der Waals surface area (Å²) in [4.78, 5) is 14.4. The van der Waals surface area contributed by atoms with Crippen LogP contribution in [0.3, 0.4) is 0 Å². The molecule has 0 saturated heterocycles. The highest BCUT2D eigenvalue weighted by Gasteiger charge is 2.27. The summed E-state index contributed by atoms with van der Waals surface area (Å²) in [5.74, 6) is -0.390. The van der Waals surface area contributed by atoms with Gasteiger partial charge < -0.3 is 5.73 Å². The first-order valence-electron chi connectivity index (χ1n) is 7.01. The van der Waals surface area contributed by atoms with Crippen molar-refractivity contribution in [2.24, 2.45) is 5.73 Å². The Morgan fingerprint density at radius 1 is 1.27 bits per heavy atom. The molecule has 1 heterocycles. The van der Waals surface area contributed by atoms with Crippen molar-refractivity contribution in [2.45, 2.75) is 25.7 Å². The van der Waals surface area contributed by atoms with E-state index >= 15 is 0 Å². The number of nitrogens with two attached hydrogens (primary N) is 1. The maximum atomic E-state index is 13.1. The third kappa shape index (κ3) is 2.44. The number of urea groups is 1. The zero-order valence-corrected chi connectivity index (χ0v) is 12.6. The van der Waals surface area contributed by atoms with Gasteiger partial charge in [-0.15, -0.1) is 11.3 Å². The Hall–Kier alpha value is -2.39. The summed E-state index contributed by atoms with van der Waals surface area (Å²) >= 11 is 1.43. The molecular weight excluding hydrogens is 301 g/mol. The van der Waals surface area contributed by atoms with Gasteiger partial charge in [0.05, 0.1) is 11.3 Å². The molecule has 6 heteroatoms. The van der Waals surface area contributed by atoms with E-state index in [1.165, 1.54) is 40.5 Å². The van der Waals surface area contributed by atoms with E-state index in [2.05, 4.69) is 6.07 Å². The average Bonchev–Trinajstić information content (AvgIpc) is 2.87. The Morgan fingerprint density at radius 3 is 2.59 bits per heavy atom. The minimum absolute atomic E-state index is 0.390. The first kappa shape index (κ1) is 14.5. The zero-order valence-electron chi connectivity index (χ0n) is 11.8. The number of aryl methyl sites for hydroxylation is 1. The fourth-order valence-electron chi connectivity index (χ4n) is 2.76. The molecular formula is C16H14FN3OS. The van der Waals surface area contributed by atoms with Crippen LogP contribution in [0.25, 0.3) is 0 Å². The summed E-state index contributed by atoms with van der Waals surface area (Å²) in [6.07, 6.45) is 3.91. The SMILES string of the molecule is N#Cc1c(N(C(N)=O)c2ccc(F)cc2)sc2c1CCCC2. The van der Waals surface area contributed by atoms with Crippen LogP contribution in [0.5, 0.6) is 0 Å². The number of halogens is 1. The lowest BCUT2D eigenvalue weighted by atomic mass is 9.96. The second-order valence-electron chi connectivity index (χ2n) is 5.15. The van der Waals surface area contributed by atoms with Gasteiger partial charge in [-0.05, 0) is 55.5 Å². The molecule has 1 aromatic carbocycles. The van der Waals surface area contributed by atoms with Gasteiger partial charge in [-0.1, -0.05) is 0 Å². The number of carbonyl (C=O) groups is 1. The largest absolute Gasteiger partial charge is 0.351 e. The molecule has 0 radical (unpaired) electrons. The molecule has 1 aromatic heterocycles. The third-order valence-corrected chi connectivity index (χ3v) is 5.05. The lowest BCUT2D eigenvalue weighted by Crippen LogP contribution is -2.31. The van der Waals surface area contributed by atoms with Crippen LogP contribution < -0.4 is 10.6 Å². The molecule has 2 N–H and O–H groups in total. The van der Waals surface area contributed by atoms with Crippen molar-refractivity contribution in [3.63, 3.8) is 0 Å². The summed E-state index contributed by atoms with van der Waals surface area (Å²) in [5, 5.41) is 10.0. The Morgan fingerprint density at radius 2 is 1.95 bits per heavy atom. The third-order valence-electron chi connectivity index (χ3n) is 3.77. The second-order valence-corrected chi connectivity index (χ2v) is 6.24. The van der Waals surface area contributed by atoms with E-state index in [0.717, 1.165) is 36.1 Å². The van der Waals surface area contributed by atoms with Crippen molar-refractivity contribution in [1.29, 1.82) is 5.26 Å². The zero-order chi connectivity index (χ0) is 15.7. The van der Waals surface area contributed by atoms with E-state index in [1.54, 1.807) is 0 Å². The fraction of sp³-hybridized carbons (Fsp3) is 0.250. The number of primary amides is 1. The molecule has 112 valence electrons. The number of hydrogen-bond donors (Lipinski definition) is 1. The average molecular weight is 315 g/mol. The normalized spacial score (nSPS) is 13.3. The fourth-order valence-corrected chi connectivity index (χ4v) is 4.12. The molecule has 2 amide bonds. The summed E-state index contributed by atoms with van der Waals surface area (Å²) in [7, 11) is 0. The highest BCUT2D eigenvalue weighted by molar-refractivity contribution is 7.16. The maximum Gasteiger partial charge on any atom is 0.324 e. The van der Waals surface area contributed by atoms with Crippen molar-refractivity contribution in [3.8, 4) is 6.07 Å². The van der Waals surface area contributed by atoms with Gasteiger partial charge in [0.1, 0.15) is 16.9 Å². The summed E-state index contributed by atoms with van der Waals surface area (Å²) in [6, 6.07) is 7.04. The minimum Gasteiger partial charge on any atom is -0.351 e. The number of nitrogens with zero attached hydrogens (tertiary/aromatic N) is 2. The first-order valence-corrected chi connectivity index (χ1v) is 7.83. The maximum absolute atomic E-state index is 13.1. The summed E-state index contributed by atoms with van der Waals surface area (Å²) < 4.78 is 13.1. The number of benzene rings is 1. The lowest BCUT2D eigenvalue weighted by molar-refractivity contribution is 0.256. The molecule has 3 rings (SSSR count). The van der Waals surface area contributed by atoms with E-state index in [1.807, 2.05) is 0 Å². The van der Waals surface area contributed by atoms with Crippen LogP contribution in [0.4, 0.5) is 19.9 Å². The Balaban J connectivity index is 2.14. The Kier molecular flexibility index (Phi) is 3.82. The van der Waals surface area contributed by atoms with Gasteiger partial charge in [-0.2, -0.15) is 5.26 Å². The predicted octanol–water partition coefficient (Wildman–Crippen LogP) is 3.85. The van der Waals surface area contributed by atoms with Crippen molar-refractivity contribution < 1.29 is 9.18 Å². The topological polar surface area (TPSA) is 70.1 Å². The molecule has 4 nitrogen and oxygen atoms in total. The molecule has 0 saturated carbocycles. The van der Waals surface area contributed by atoms with E-state index < -0.39 is 6.03 Å². The monoisotopic (exact) mass is 315 g/mol. The lowest BCUT2D eigenvalue weighted by Gasteiger charge is -2.19. The molecule has 0 spiro atoms. The molecule has 0 unspecified atom stereocenters. The summed E-state index contributed by atoms with van der Waals surface area (Å²) in [5.41, 5.74) is 7.52. The van der Waals surface area contributed by atoms with Gasteiger partial charge in [-0.25, -0.2) is 9.18 Å². The van der Waals surface area contributed by atoms with Gasteiger partial charge in [0, 0.05) is 4.88 Å². The number of hydrogen-bond acceptors (Lipinski definition) is 3. The number of carbonyl (C=O) groups excluding carboxylic acids is 1. The summed E-state index contributed by atoms with van der Waals surface area (Å²) in [6.45, 7) is 0. The minimum atomic E-state index is -0.679. The van der Waals surface area contributed by atoms with E-state index in [0.29, 0.717) is 16.3 Å². The molecule has 1 aliphatic carbocycles. The number of fused-ring (bicyclic) bond motifs is 1.